The first kappa shape index (κ1) is 13.6. The van der Waals surface area contributed by atoms with E-state index in [-0.39, 0.29) is 10.9 Å². The van der Waals surface area contributed by atoms with Gasteiger partial charge in [0.2, 0.25) is 0 Å². The zero-order chi connectivity index (χ0) is 13.1. The van der Waals surface area contributed by atoms with Crippen molar-refractivity contribution in [3.8, 4) is 11.5 Å². The molecule has 1 aromatic heterocycles. The molecule has 94 valence electrons. The molecule has 0 aliphatic carbocycles. The molecule has 0 saturated carbocycles. The summed E-state index contributed by atoms with van der Waals surface area (Å²) in [6.07, 6.45) is 1.58. The second-order valence-corrected chi connectivity index (χ2v) is 4.94. The highest BCUT2D eigenvalue weighted by Gasteiger charge is 2.09. The Hall–Kier alpha value is -0.840. The van der Waals surface area contributed by atoms with Crippen LogP contribution in [0.25, 0.3) is 0 Å². The maximum Gasteiger partial charge on any atom is 0.145 e. The summed E-state index contributed by atoms with van der Waals surface area (Å²) < 4.78 is 19.5. The Balaban J connectivity index is 2.30. The van der Waals surface area contributed by atoms with E-state index in [0.29, 0.717) is 21.7 Å². The van der Waals surface area contributed by atoms with E-state index in [4.69, 9.17) is 27.9 Å². The van der Waals surface area contributed by atoms with Crippen LogP contribution in [-0.4, -0.2) is 4.98 Å². The van der Waals surface area contributed by atoms with Crippen molar-refractivity contribution >= 4 is 39.1 Å². The molecule has 2 rings (SSSR count). The van der Waals surface area contributed by atoms with Crippen molar-refractivity contribution in [2.75, 3.05) is 0 Å². The smallest absolute Gasteiger partial charge is 0.145 e. The predicted octanol–water partition coefficient (Wildman–Crippen LogP) is 5.17. The zero-order valence-corrected chi connectivity index (χ0v) is 12.1. The summed E-state index contributed by atoms with van der Waals surface area (Å²) >= 11 is 14.6. The average Bonchev–Trinajstić information content (AvgIpc) is 2.36. The summed E-state index contributed by atoms with van der Waals surface area (Å²) in [5.41, 5.74) is 0.680. The molecule has 0 spiro atoms. The fraction of sp³-hybridized carbons (Fsp3) is 0.0833. The first-order valence-electron chi connectivity index (χ1n) is 4.93. The predicted molar refractivity (Wildman–Crippen MR) is 73.0 cm³/mol. The van der Waals surface area contributed by atoms with Crippen molar-refractivity contribution < 1.29 is 9.13 Å². The number of halogens is 4. The van der Waals surface area contributed by atoms with Gasteiger partial charge in [0.1, 0.15) is 17.3 Å². The lowest BCUT2D eigenvalue weighted by molar-refractivity contribution is 0.472. The van der Waals surface area contributed by atoms with Crippen LogP contribution in [0, 0.1) is 5.82 Å². The summed E-state index contributed by atoms with van der Waals surface area (Å²) in [4.78, 5) is 4.03. The van der Waals surface area contributed by atoms with Gasteiger partial charge in [0.15, 0.2) is 0 Å². The Kier molecular flexibility index (Phi) is 4.43. The first-order valence-corrected chi connectivity index (χ1v) is 6.64. The lowest BCUT2D eigenvalue weighted by Crippen LogP contribution is -1.90. The van der Waals surface area contributed by atoms with Gasteiger partial charge in [-0.2, -0.15) is 0 Å². The molecular formula is C12H7BrCl2FNO. The number of nitrogens with zero attached hydrogens (tertiary/aromatic N) is 1. The molecule has 0 saturated heterocycles. The van der Waals surface area contributed by atoms with E-state index in [2.05, 4.69) is 20.9 Å². The van der Waals surface area contributed by atoms with Crippen molar-refractivity contribution in [3.05, 3.63) is 51.5 Å². The van der Waals surface area contributed by atoms with Gasteiger partial charge in [-0.3, -0.25) is 4.98 Å². The standard InChI is InChI=1S/C12H7BrCl2FNO/c13-9-4-10(15)11(16)5-12(9)18-8-1-2-17-7(3-8)6-14/h1-5H,6H2. The highest BCUT2D eigenvalue weighted by molar-refractivity contribution is 9.10. The monoisotopic (exact) mass is 349 g/mol. The number of benzene rings is 1. The molecule has 2 aromatic rings. The normalized spacial score (nSPS) is 10.4. The third kappa shape index (κ3) is 3.13. The van der Waals surface area contributed by atoms with E-state index in [1.807, 2.05) is 0 Å². The van der Waals surface area contributed by atoms with E-state index in [9.17, 15) is 4.39 Å². The molecule has 0 bridgehead atoms. The minimum Gasteiger partial charge on any atom is -0.456 e. The average molecular weight is 351 g/mol. The van der Waals surface area contributed by atoms with Gasteiger partial charge < -0.3 is 4.74 Å². The number of alkyl halides is 1. The highest BCUT2D eigenvalue weighted by atomic mass is 79.9. The summed E-state index contributed by atoms with van der Waals surface area (Å²) in [7, 11) is 0. The number of hydrogen-bond donors (Lipinski definition) is 0. The van der Waals surface area contributed by atoms with Crippen LogP contribution in [-0.2, 0) is 5.88 Å². The molecule has 6 heteroatoms. The largest absolute Gasteiger partial charge is 0.456 e. The second-order valence-electron chi connectivity index (χ2n) is 3.42. The number of aromatic nitrogens is 1. The molecule has 1 aromatic carbocycles. The fourth-order valence-electron chi connectivity index (χ4n) is 1.30. The summed E-state index contributed by atoms with van der Waals surface area (Å²) in [5.74, 6) is 0.612. The molecule has 0 N–H and O–H groups in total. The molecule has 0 radical (unpaired) electrons. The van der Waals surface area contributed by atoms with Crippen molar-refractivity contribution in [1.29, 1.82) is 0 Å². The van der Waals surface area contributed by atoms with Gasteiger partial charge >= 0.3 is 0 Å². The third-order valence-electron chi connectivity index (χ3n) is 2.13. The molecule has 0 fully saturated rings. The Morgan fingerprint density at radius 2 is 2.11 bits per heavy atom. The van der Waals surface area contributed by atoms with E-state index in [0.717, 1.165) is 0 Å². The Bertz CT molecular complexity index is 580. The van der Waals surface area contributed by atoms with E-state index in [1.165, 1.54) is 12.1 Å². The number of pyridine rings is 1. The van der Waals surface area contributed by atoms with Crippen LogP contribution >= 0.6 is 39.1 Å². The fourth-order valence-corrected chi connectivity index (χ4v) is 2.17. The molecule has 0 aliphatic rings. The maximum atomic E-state index is 13.3. The lowest BCUT2D eigenvalue weighted by Gasteiger charge is -2.09. The molecular weight excluding hydrogens is 344 g/mol. The van der Waals surface area contributed by atoms with Crippen LogP contribution < -0.4 is 4.74 Å². The van der Waals surface area contributed by atoms with Gasteiger partial charge in [0.05, 0.1) is 21.1 Å². The number of rotatable bonds is 3. The maximum absolute atomic E-state index is 13.3. The van der Waals surface area contributed by atoms with Crippen LogP contribution in [0.5, 0.6) is 11.5 Å². The van der Waals surface area contributed by atoms with Crippen LogP contribution in [0.2, 0.25) is 5.02 Å². The molecule has 0 amide bonds. The summed E-state index contributed by atoms with van der Waals surface area (Å²) in [5, 5.41) is 0.0328. The molecule has 0 atom stereocenters. The Labute approximate surface area is 122 Å². The van der Waals surface area contributed by atoms with Gasteiger partial charge in [-0.25, -0.2) is 4.39 Å². The summed E-state index contributed by atoms with van der Waals surface area (Å²) in [6.45, 7) is 0. The van der Waals surface area contributed by atoms with Crippen molar-refractivity contribution in [2.45, 2.75) is 5.88 Å². The molecule has 1 heterocycles. The van der Waals surface area contributed by atoms with Gasteiger partial charge in [-0.05, 0) is 28.1 Å². The van der Waals surface area contributed by atoms with Crippen LogP contribution in [0.1, 0.15) is 5.69 Å². The van der Waals surface area contributed by atoms with Gasteiger partial charge in [-0.1, -0.05) is 11.6 Å². The molecule has 18 heavy (non-hydrogen) atoms. The lowest BCUT2D eigenvalue weighted by atomic mass is 10.3. The molecule has 2 nitrogen and oxygen atoms in total. The van der Waals surface area contributed by atoms with Crippen molar-refractivity contribution in [3.63, 3.8) is 0 Å². The van der Waals surface area contributed by atoms with Crippen LogP contribution in [0.4, 0.5) is 4.39 Å². The molecule has 0 unspecified atom stereocenters. The van der Waals surface area contributed by atoms with Gasteiger partial charge in [-0.15, -0.1) is 11.6 Å². The van der Waals surface area contributed by atoms with Crippen LogP contribution in [0.3, 0.4) is 0 Å². The van der Waals surface area contributed by atoms with E-state index < -0.39 is 5.82 Å². The van der Waals surface area contributed by atoms with Gasteiger partial charge in [0, 0.05) is 18.3 Å². The quantitative estimate of drug-likeness (QED) is 0.563. The number of ether oxygens (including phenoxy) is 1. The minimum absolute atomic E-state index is 0.0328. The van der Waals surface area contributed by atoms with E-state index >= 15 is 0 Å². The Morgan fingerprint density at radius 1 is 1.33 bits per heavy atom. The zero-order valence-electron chi connectivity index (χ0n) is 8.96. The number of hydrogen-bond acceptors (Lipinski definition) is 2. The minimum atomic E-state index is -0.540. The molecule has 0 aliphatic heterocycles. The third-order valence-corrected chi connectivity index (χ3v) is 3.31. The van der Waals surface area contributed by atoms with Crippen molar-refractivity contribution in [2.24, 2.45) is 0 Å². The SMILES string of the molecule is Fc1cc(Oc2ccnc(CCl)c2)c(Br)cc1Cl. The second kappa shape index (κ2) is 5.87. The topological polar surface area (TPSA) is 22.1 Å². The van der Waals surface area contributed by atoms with E-state index in [1.54, 1.807) is 18.3 Å². The van der Waals surface area contributed by atoms with Crippen molar-refractivity contribution in [1.82, 2.24) is 4.98 Å². The Morgan fingerprint density at radius 3 is 2.83 bits per heavy atom. The first-order chi connectivity index (χ1) is 8.60. The van der Waals surface area contributed by atoms with Crippen LogP contribution in [0.15, 0.2) is 34.9 Å². The summed E-state index contributed by atoms with van der Waals surface area (Å²) in [6, 6.07) is 6.00. The highest BCUT2D eigenvalue weighted by Crippen LogP contribution is 2.33. The van der Waals surface area contributed by atoms with Gasteiger partial charge in [0.25, 0.3) is 0 Å².